The molecule has 0 bridgehead atoms. The monoisotopic (exact) mass is 397 g/mol. The third-order valence-electron chi connectivity index (χ3n) is 4.47. The summed E-state index contributed by atoms with van der Waals surface area (Å²) in [6.07, 6.45) is -0.221. The standard InChI is InChI=1S/C22H27N3O4/c1-15(2)24-22(27)23-12-16-8-10-17(11-9-16)21(26)25(3)13-18-14-28-19-6-4-5-7-20(19)29-18/h4-11,15,18H,12-14H2,1-3H3,(H2,23,24,27). The van der Waals surface area contributed by atoms with Crippen molar-refractivity contribution in [3.63, 3.8) is 0 Å². The van der Waals surface area contributed by atoms with Crippen LogP contribution in [0.25, 0.3) is 0 Å². The van der Waals surface area contributed by atoms with E-state index in [4.69, 9.17) is 9.47 Å². The molecule has 1 aliphatic rings. The van der Waals surface area contributed by atoms with Crippen LogP contribution in [0.15, 0.2) is 48.5 Å². The van der Waals surface area contributed by atoms with E-state index >= 15 is 0 Å². The van der Waals surface area contributed by atoms with Gasteiger partial charge in [-0.2, -0.15) is 0 Å². The zero-order valence-electron chi connectivity index (χ0n) is 17.0. The minimum absolute atomic E-state index is 0.0811. The molecule has 29 heavy (non-hydrogen) atoms. The highest BCUT2D eigenvalue weighted by molar-refractivity contribution is 5.94. The Labute approximate surface area is 171 Å². The van der Waals surface area contributed by atoms with Crippen molar-refractivity contribution >= 4 is 11.9 Å². The molecule has 0 fully saturated rings. The Hall–Kier alpha value is -3.22. The molecule has 2 aromatic carbocycles. The number of carbonyl (C=O) groups excluding carboxylic acids is 2. The second-order valence-electron chi connectivity index (χ2n) is 7.36. The lowest BCUT2D eigenvalue weighted by Gasteiger charge is -2.29. The highest BCUT2D eigenvalue weighted by atomic mass is 16.6. The molecule has 0 aliphatic carbocycles. The molecular formula is C22H27N3O4. The fraction of sp³-hybridized carbons (Fsp3) is 0.364. The second-order valence-corrected chi connectivity index (χ2v) is 7.36. The van der Waals surface area contributed by atoms with Crippen LogP contribution in [-0.2, 0) is 6.54 Å². The van der Waals surface area contributed by atoms with Gasteiger partial charge in [-0.1, -0.05) is 24.3 Å². The Morgan fingerprint density at radius 1 is 1.10 bits per heavy atom. The summed E-state index contributed by atoms with van der Waals surface area (Å²) in [6, 6.07) is 14.6. The van der Waals surface area contributed by atoms with Gasteiger partial charge in [0.25, 0.3) is 5.91 Å². The fourth-order valence-electron chi connectivity index (χ4n) is 3.02. The molecular weight excluding hydrogens is 370 g/mol. The van der Waals surface area contributed by atoms with E-state index in [1.165, 1.54) is 0 Å². The summed E-state index contributed by atoms with van der Waals surface area (Å²) in [6.45, 7) is 5.03. The van der Waals surface area contributed by atoms with Crippen LogP contribution in [-0.4, -0.2) is 49.2 Å². The number of urea groups is 1. The van der Waals surface area contributed by atoms with Crippen LogP contribution in [0.5, 0.6) is 11.5 Å². The molecule has 1 atom stereocenters. The van der Waals surface area contributed by atoms with E-state index in [1.54, 1.807) is 24.1 Å². The van der Waals surface area contributed by atoms with Crippen LogP contribution >= 0.6 is 0 Å². The van der Waals surface area contributed by atoms with E-state index in [9.17, 15) is 9.59 Å². The largest absolute Gasteiger partial charge is 0.486 e. The Morgan fingerprint density at radius 2 is 1.79 bits per heavy atom. The van der Waals surface area contributed by atoms with Gasteiger partial charge in [-0.05, 0) is 43.7 Å². The molecule has 0 radical (unpaired) electrons. The maximum Gasteiger partial charge on any atom is 0.315 e. The van der Waals surface area contributed by atoms with E-state index in [1.807, 2.05) is 50.2 Å². The first-order valence-electron chi connectivity index (χ1n) is 9.69. The summed E-state index contributed by atoms with van der Waals surface area (Å²) >= 11 is 0. The van der Waals surface area contributed by atoms with Crippen molar-refractivity contribution < 1.29 is 19.1 Å². The zero-order chi connectivity index (χ0) is 20.8. The van der Waals surface area contributed by atoms with Gasteiger partial charge in [0.15, 0.2) is 17.6 Å². The minimum atomic E-state index is -0.221. The van der Waals surface area contributed by atoms with Gasteiger partial charge in [0.2, 0.25) is 0 Å². The molecule has 1 heterocycles. The van der Waals surface area contributed by atoms with Crippen molar-refractivity contribution in [2.75, 3.05) is 20.2 Å². The second kappa shape index (κ2) is 9.32. The smallest absolute Gasteiger partial charge is 0.315 e. The third kappa shape index (κ3) is 5.63. The van der Waals surface area contributed by atoms with E-state index in [0.717, 1.165) is 11.3 Å². The Kier molecular flexibility index (Phi) is 6.59. The molecule has 7 heteroatoms. The zero-order valence-corrected chi connectivity index (χ0v) is 17.0. The maximum absolute atomic E-state index is 12.7. The van der Waals surface area contributed by atoms with E-state index in [0.29, 0.717) is 31.0 Å². The van der Waals surface area contributed by atoms with E-state index < -0.39 is 0 Å². The predicted molar refractivity (Wildman–Crippen MR) is 110 cm³/mol. The average molecular weight is 397 g/mol. The molecule has 0 saturated carbocycles. The van der Waals surface area contributed by atoms with Gasteiger partial charge in [0.05, 0.1) is 6.54 Å². The lowest BCUT2D eigenvalue weighted by Crippen LogP contribution is -2.41. The minimum Gasteiger partial charge on any atom is -0.486 e. The summed E-state index contributed by atoms with van der Waals surface area (Å²) in [4.78, 5) is 26.0. The number of nitrogens with one attached hydrogen (secondary N) is 2. The molecule has 3 rings (SSSR count). The number of likely N-dealkylation sites (N-methyl/N-ethyl adjacent to an activating group) is 1. The number of hydrogen-bond donors (Lipinski definition) is 2. The Balaban J connectivity index is 1.51. The van der Waals surface area contributed by atoms with Gasteiger partial charge in [-0.25, -0.2) is 4.79 Å². The summed E-state index contributed by atoms with van der Waals surface area (Å²) in [7, 11) is 1.75. The molecule has 7 nitrogen and oxygen atoms in total. The molecule has 0 spiro atoms. The van der Waals surface area contributed by atoms with Crippen LogP contribution < -0.4 is 20.1 Å². The quantitative estimate of drug-likeness (QED) is 0.786. The number of ether oxygens (including phenoxy) is 2. The molecule has 154 valence electrons. The van der Waals surface area contributed by atoms with Gasteiger partial charge < -0.3 is 25.0 Å². The normalized spacial score (nSPS) is 15.0. The van der Waals surface area contributed by atoms with Crippen molar-refractivity contribution in [2.45, 2.75) is 32.5 Å². The van der Waals surface area contributed by atoms with E-state index in [-0.39, 0.29) is 24.1 Å². The number of nitrogens with zero attached hydrogens (tertiary/aromatic N) is 1. The van der Waals surface area contributed by atoms with Gasteiger partial charge in [-0.3, -0.25) is 4.79 Å². The number of fused-ring (bicyclic) bond motifs is 1. The number of amides is 3. The van der Waals surface area contributed by atoms with Crippen molar-refractivity contribution in [3.05, 3.63) is 59.7 Å². The molecule has 3 amide bonds. The van der Waals surface area contributed by atoms with Crippen LogP contribution in [0.3, 0.4) is 0 Å². The maximum atomic E-state index is 12.7. The first-order chi connectivity index (χ1) is 13.9. The molecule has 1 aliphatic heterocycles. The summed E-state index contributed by atoms with van der Waals surface area (Å²) in [5.41, 5.74) is 1.50. The van der Waals surface area contributed by atoms with Crippen LogP contribution in [0.1, 0.15) is 29.8 Å². The number of carbonyl (C=O) groups is 2. The highest BCUT2D eigenvalue weighted by Crippen LogP contribution is 2.31. The first-order valence-corrected chi connectivity index (χ1v) is 9.69. The van der Waals surface area contributed by atoms with E-state index in [2.05, 4.69) is 10.6 Å². The van der Waals surface area contributed by atoms with Crippen LogP contribution in [0.2, 0.25) is 0 Å². The van der Waals surface area contributed by atoms with Crippen LogP contribution in [0.4, 0.5) is 4.79 Å². The Bertz CT molecular complexity index is 851. The lowest BCUT2D eigenvalue weighted by atomic mass is 10.1. The average Bonchev–Trinajstić information content (AvgIpc) is 2.71. The fourth-order valence-corrected chi connectivity index (χ4v) is 3.02. The molecule has 0 saturated heterocycles. The van der Waals surface area contributed by atoms with Crippen molar-refractivity contribution in [1.82, 2.24) is 15.5 Å². The molecule has 1 unspecified atom stereocenters. The number of benzene rings is 2. The van der Waals surface area contributed by atoms with Gasteiger partial charge in [0.1, 0.15) is 6.61 Å². The SMILES string of the molecule is CC(C)NC(=O)NCc1ccc(C(=O)N(C)CC2COc3ccccc3O2)cc1. The molecule has 2 N–H and O–H groups in total. The van der Waals surface area contributed by atoms with Gasteiger partial charge in [0, 0.05) is 25.2 Å². The molecule has 0 aromatic heterocycles. The summed E-state index contributed by atoms with van der Waals surface area (Å²) in [5.74, 6) is 1.33. The number of hydrogen-bond acceptors (Lipinski definition) is 4. The van der Waals surface area contributed by atoms with Crippen molar-refractivity contribution in [3.8, 4) is 11.5 Å². The first kappa shape index (κ1) is 20.5. The van der Waals surface area contributed by atoms with Gasteiger partial charge >= 0.3 is 6.03 Å². The Morgan fingerprint density at radius 3 is 2.48 bits per heavy atom. The third-order valence-corrected chi connectivity index (χ3v) is 4.47. The van der Waals surface area contributed by atoms with Crippen molar-refractivity contribution in [1.29, 1.82) is 0 Å². The predicted octanol–water partition coefficient (Wildman–Crippen LogP) is 2.81. The lowest BCUT2D eigenvalue weighted by molar-refractivity contribution is 0.0521. The summed E-state index contributed by atoms with van der Waals surface area (Å²) in [5, 5.41) is 5.56. The van der Waals surface area contributed by atoms with Crippen LogP contribution in [0, 0.1) is 0 Å². The van der Waals surface area contributed by atoms with Crippen molar-refractivity contribution in [2.24, 2.45) is 0 Å². The molecule has 2 aromatic rings. The highest BCUT2D eigenvalue weighted by Gasteiger charge is 2.24. The topological polar surface area (TPSA) is 79.9 Å². The number of rotatable bonds is 6. The number of para-hydroxylation sites is 2. The van der Waals surface area contributed by atoms with Gasteiger partial charge in [-0.15, -0.1) is 0 Å². The summed E-state index contributed by atoms with van der Waals surface area (Å²) < 4.78 is 11.6.